The Kier molecular flexibility index (Phi) is 9.09. The third kappa shape index (κ3) is 5.47. The topological polar surface area (TPSA) is 26.0 Å². The van der Waals surface area contributed by atoms with Gasteiger partial charge in [-0.05, 0) is 53.6 Å². The lowest BCUT2D eigenvalue weighted by atomic mass is 10.0. The minimum absolute atomic E-state index is 1.28. The maximum atomic E-state index is 4.50. The highest BCUT2D eigenvalue weighted by atomic mass is 32.1. The van der Waals surface area contributed by atoms with E-state index < -0.39 is 0 Å². The Bertz CT molecular complexity index is 2520. The highest BCUT2D eigenvalue weighted by Crippen LogP contribution is 2.52. The normalized spacial score (nSPS) is 11.2. The Morgan fingerprint density at radius 1 is 0.320 bits per heavy atom. The molecule has 0 saturated heterocycles. The zero-order chi connectivity index (χ0) is 34.2. The molecule has 0 aliphatic carbocycles. The number of thiophene rings is 4. The summed E-state index contributed by atoms with van der Waals surface area (Å²) in [5.74, 6) is 0. The van der Waals surface area contributed by atoms with Crippen molar-refractivity contribution in [3.05, 3.63) is 146 Å². The van der Waals surface area contributed by atoms with Crippen LogP contribution in [0.3, 0.4) is 0 Å². The van der Waals surface area contributed by atoms with Crippen LogP contribution < -0.4 is 5.73 Å². The van der Waals surface area contributed by atoms with Gasteiger partial charge in [0.25, 0.3) is 0 Å². The first-order valence-corrected chi connectivity index (χ1v) is 20.2. The molecule has 10 aromatic rings. The summed E-state index contributed by atoms with van der Waals surface area (Å²) < 4.78 is 5.54. The molecule has 2 N–H and O–H groups in total. The van der Waals surface area contributed by atoms with Crippen molar-refractivity contribution in [3.63, 3.8) is 0 Å². The lowest BCUT2D eigenvalue weighted by Gasteiger charge is -2.01. The summed E-state index contributed by atoms with van der Waals surface area (Å²) >= 11 is 7.74. The number of fused-ring (bicyclic) bond motifs is 7. The predicted molar refractivity (Wildman–Crippen MR) is 229 cm³/mol. The molecule has 4 aromatic heterocycles. The van der Waals surface area contributed by atoms with Crippen LogP contribution in [0.15, 0.2) is 146 Å². The first-order valence-electron chi connectivity index (χ1n) is 16.9. The van der Waals surface area contributed by atoms with Crippen molar-refractivity contribution in [3.8, 4) is 41.8 Å². The van der Waals surface area contributed by atoms with Crippen LogP contribution in [0.25, 0.3) is 92.9 Å². The average Bonchev–Trinajstić information content (AvgIpc) is 3.95. The van der Waals surface area contributed by atoms with Crippen LogP contribution in [0.2, 0.25) is 0 Å². The molecule has 0 radical (unpaired) electrons. The Hall–Kier alpha value is -4.62. The van der Waals surface area contributed by atoms with Gasteiger partial charge in [0, 0.05) is 61.2 Å². The molecule has 50 heavy (non-hydrogen) atoms. The van der Waals surface area contributed by atoms with Crippen molar-refractivity contribution in [2.24, 2.45) is 5.73 Å². The molecule has 0 unspecified atom stereocenters. The lowest BCUT2D eigenvalue weighted by molar-refractivity contribution is 1.48. The van der Waals surface area contributed by atoms with E-state index in [4.69, 9.17) is 0 Å². The summed E-state index contributed by atoms with van der Waals surface area (Å²) in [6.45, 7) is 4.00. The van der Waals surface area contributed by atoms with Crippen molar-refractivity contribution < 1.29 is 0 Å². The molecule has 0 fully saturated rings. The fraction of sp³-hybridized carbons (Fsp3) is 0.0667. The van der Waals surface area contributed by atoms with Gasteiger partial charge >= 0.3 is 0 Å². The zero-order valence-corrected chi connectivity index (χ0v) is 31.3. The minimum Gasteiger partial charge on any atom is -0.333 e. The molecule has 0 bridgehead atoms. The maximum Gasteiger partial charge on any atom is 0.0542 e. The molecular weight excluding hydrogens is 683 g/mol. The third-order valence-corrected chi connectivity index (χ3v) is 14.0. The van der Waals surface area contributed by atoms with Crippen molar-refractivity contribution in [2.45, 2.75) is 13.8 Å². The highest BCUT2D eigenvalue weighted by Gasteiger charge is 2.21. The Labute approximate surface area is 308 Å². The summed E-state index contributed by atoms with van der Waals surface area (Å²) in [6.07, 6.45) is 0. The molecule has 5 heteroatoms. The first-order chi connectivity index (χ1) is 24.8. The largest absolute Gasteiger partial charge is 0.333 e. The maximum absolute atomic E-state index is 4.50. The van der Waals surface area contributed by atoms with Gasteiger partial charge < -0.3 is 5.73 Å². The van der Waals surface area contributed by atoms with Gasteiger partial charge in [0.15, 0.2) is 0 Å². The molecule has 0 saturated carbocycles. The quantitative estimate of drug-likeness (QED) is 0.193. The van der Waals surface area contributed by atoms with Crippen molar-refractivity contribution in [1.82, 2.24) is 0 Å². The van der Waals surface area contributed by atoms with Crippen LogP contribution in [-0.4, -0.2) is 7.05 Å². The van der Waals surface area contributed by atoms with E-state index in [2.05, 4.69) is 151 Å². The third-order valence-electron chi connectivity index (χ3n) is 8.89. The molecule has 244 valence electrons. The van der Waals surface area contributed by atoms with Crippen LogP contribution in [0, 0.1) is 0 Å². The second kappa shape index (κ2) is 13.9. The fourth-order valence-corrected chi connectivity index (χ4v) is 12.0. The van der Waals surface area contributed by atoms with E-state index in [1.54, 1.807) is 0 Å². The average molecular weight is 718 g/mol. The van der Waals surface area contributed by atoms with Gasteiger partial charge in [-0.15, -0.1) is 45.3 Å². The molecule has 0 atom stereocenters. The molecule has 0 aliphatic heterocycles. The molecule has 10 rings (SSSR count). The molecule has 6 aromatic carbocycles. The van der Waals surface area contributed by atoms with Crippen molar-refractivity contribution >= 4 is 96.5 Å². The Morgan fingerprint density at radius 2 is 0.580 bits per heavy atom. The smallest absolute Gasteiger partial charge is 0.0542 e. The fourth-order valence-electron chi connectivity index (χ4n) is 6.74. The van der Waals surface area contributed by atoms with E-state index in [-0.39, 0.29) is 0 Å². The van der Waals surface area contributed by atoms with E-state index in [0.717, 1.165) is 0 Å². The second-order valence-corrected chi connectivity index (χ2v) is 15.8. The Balaban J connectivity index is 0.000000873. The highest BCUT2D eigenvalue weighted by molar-refractivity contribution is 7.36. The number of rotatable bonds is 4. The monoisotopic (exact) mass is 717 g/mol. The molecule has 1 nitrogen and oxygen atoms in total. The summed E-state index contributed by atoms with van der Waals surface area (Å²) in [6, 6.07) is 53.4. The van der Waals surface area contributed by atoms with Crippen molar-refractivity contribution in [1.29, 1.82) is 0 Å². The predicted octanol–water partition coefficient (Wildman–Crippen LogP) is 15.0. The number of hydrogen-bond acceptors (Lipinski definition) is 5. The zero-order valence-electron chi connectivity index (χ0n) is 28.1. The number of nitrogens with two attached hydrogens (primary N) is 1. The SMILES string of the molecule is CC.CN.c1ccc(-c2sc(-c3ccccc3)c3cc4c(cc23)sc2c3cc5c(-c6ccccc6)sc(-c6ccccc6)c5cc3sc42)cc1. The van der Waals surface area contributed by atoms with Crippen molar-refractivity contribution in [2.75, 3.05) is 7.05 Å². The van der Waals surface area contributed by atoms with E-state index in [9.17, 15) is 0 Å². The molecule has 0 amide bonds. The summed E-state index contributed by atoms with van der Waals surface area (Å²) in [7, 11) is 1.50. The Morgan fingerprint density at radius 3 is 0.860 bits per heavy atom. The molecule has 0 spiro atoms. The van der Waals surface area contributed by atoms with Gasteiger partial charge in [-0.25, -0.2) is 0 Å². The lowest BCUT2D eigenvalue weighted by Crippen LogP contribution is -1.75. The summed E-state index contributed by atoms with van der Waals surface area (Å²) in [5.41, 5.74) is 9.63. The summed E-state index contributed by atoms with van der Waals surface area (Å²) in [5, 5.41) is 8.13. The standard InChI is InChI=1S/C42H24S4.C2H6.CH5N/c1-5-13-25(14-6-1)37-29-21-33-35(23-31(29)39(45-37)27-17-9-3-10-18-27)43-42-34-22-30-32(24-36(34)44-41(33)42)40(28-19-11-4-12-20-28)46-38(30)26-15-7-2-8-16-26;2*1-2/h1-24H;1-2H3;2H2,1H3. The first kappa shape index (κ1) is 32.6. The van der Waals surface area contributed by atoms with E-state index >= 15 is 0 Å². The molecule has 0 aliphatic rings. The van der Waals surface area contributed by atoms with Crippen LogP contribution in [0.1, 0.15) is 13.8 Å². The van der Waals surface area contributed by atoms with Gasteiger partial charge in [0.2, 0.25) is 0 Å². The van der Waals surface area contributed by atoms with E-state index in [1.165, 1.54) is 99.9 Å². The van der Waals surface area contributed by atoms with Gasteiger partial charge in [-0.2, -0.15) is 0 Å². The number of benzene rings is 6. The van der Waals surface area contributed by atoms with Gasteiger partial charge in [0.05, 0.1) is 9.40 Å². The van der Waals surface area contributed by atoms with Crippen LogP contribution in [0.4, 0.5) is 0 Å². The van der Waals surface area contributed by atoms with Crippen LogP contribution in [-0.2, 0) is 0 Å². The second-order valence-electron chi connectivity index (χ2n) is 11.6. The van der Waals surface area contributed by atoms with Gasteiger partial charge in [-0.3, -0.25) is 0 Å². The molecular formula is C45H35NS4. The van der Waals surface area contributed by atoms with Crippen LogP contribution >= 0.6 is 45.3 Å². The molecule has 4 heterocycles. The van der Waals surface area contributed by atoms with E-state index in [0.29, 0.717) is 0 Å². The minimum atomic E-state index is 1.28. The van der Waals surface area contributed by atoms with Gasteiger partial charge in [-0.1, -0.05) is 135 Å². The van der Waals surface area contributed by atoms with E-state index in [1.807, 2.05) is 59.2 Å². The number of hydrogen-bond donors (Lipinski definition) is 1. The van der Waals surface area contributed by atoms with Gasteiger partial charge in [0.1, 0.15) is 0 Å². The van der Waals surface area contributed by atoms with Crippen LogP contribution in [0.5, 0.6) is 0 Å². The summed E-state index contributed by atoms with van der Waals surface area (Å²) in [4.78, 5) is 5.38.